The highest BCUT2D eigenvalue weighted by atomic mass is 15.1. The molecule has 112 valence electrons. The van der Waals surface area contributed by atoms with E-state index in [4.69, 9.17) is 7.85 Å². The van der Waals surface area contributed by atoms with Gasteiger partial charge in [0.2, 0.25) is 0 Å². The Bertz CT molecular complexity index is 749. The molecule has 0 heterocycles. The molecule has 0 aliphatic carbocycles. The highest BCUT2D eigenvalue weighted by Crippen LogP contribution is 2.35. The van der Waals surface area contributed by atoms with Gasteiger partial charge in [0.1, 0.15) is 0 Å². The summed E-state index contributed by atoms with van der Waals surface area (Å²) in [7, 11) is 5.88. The van der Waals surface area contributed by atoms with Gasteiger partial charge in [-0.3, -0.25) is 0 Å². The van der Waals surface area contributed by atoms with Crippen molar-refractivity contribution in [3.8, 4) is 22.3 Å². The number of hydrogen-bond donors (Lipinski definition) is 0. The van der Waals surface area contributed by atoms with E-state index in [1.54, 1.807) is 0 Å². The van der Waals surface area contributed by atoms with Crippen LogP contribution in [0.3, 0.4) is 0 Å². The van der Waals surface area contributed by atoms with Crippen LogP contribution in [0.25, 0.3) is 22.3 Å². The van der Waals surface area contributed by atoms with Gasteiger partial charge in [0.25, 0.3) is 0 Å². The summed E-state index contributed by atoms with van der Waals surface area (Å²) >= 11 is 0. The van der Waals surface area contributed by atoms with Gasteiger partial charge in [-0.15, -0.1) is 0 Å². The Hall–Kier alpha value is -2.48. The monoisotopic (exact) mass is 297 g/mol. The van der Waals surface area contributed by atoms with E-state index in [-0.39, 0.29) is 0 Å². The number of rotatable bonds is 5. The van der Waals surface area contributed by atoms with E-state index in [0.29, 0.717) is 6.44 Å². The molecule has 0 N–H and O–H groups in total. The Morgan fingerprint density at radius 2 is 1.30 bits per heavy atom. The smallest absolute Gasteiger partial charge is 0.0942 e. The van der Waals surface area contributed by atoms with Gasteiger partial charge in [0.15, 0.2) is 0 Å². The molecule has 23 heavy (non-hydrogen) atoms. The predicted molar refractivity (Wildman–Crippen MR) is 101 cm³/mol. The summed E-state index contributed by atoms with van der Waals surface area (Å²) in [5.74, 6) is 0. The lowest BCUT2D eigenvalue weighted by atomic mass is 9.93. The van der Waals surface area contributed by atoms with Crippen LogP contribution in [0.1, 0.15) is 6.92 Å². The Labute approximate surface area is 140 Å². The van der Waals surface area contributed by atoms with Crippen molar-refractivity contribution >= 4 is 13.5 Å². The fraction of sp³-hybridized carbons (Fsp3) is 0.143. The molecule has 3 aromatic rings. The summed E-state index contributed by atoms with van der Waals surface area (Å²) < 4.78 is 0. The largest absolute Gasteiger partial charge is 0.381 e. The molecule has 0 unspecified atom stereocenters. The van der Waals surface area contributed by atoms with Crippen LogP contribution in [0, 0.1) is 0 Å². The van der Waals surface area contributed by atoms with Crippen LogP contribution in [-0.2, 0) is 0 Å². The SMILES string of the molecule is [B]CN(CC)c1ccc(-c2ccccc2)c(-c2ccccc2)c1. The second-order valence-corrected chi connectivity index (χ2v) is 5.50. The van der Waals surface area contributed by atoms with E-state index in [2.05, 4.69) is 78.6 Å². The Morgan fingerprint density at radius 1 is 0.739 bits per heavy atom. The molecule has 2 heteroatoms. The van der Waals surface area contributed by atoms with Crippen molar-refractivity contribution in [3.63, 3.8) is 0 Å². The molecule has 0 bridgehead atoms. The summed E-state index contributed by atoms with van der Waals surface area (Å²) in [6, 6.07) is 27.6. The molecular weight excluding hydrogens is 277 g/mol. The average Bonchev–Trinajstić information content (AvgIpc) is 2.64. The van der Waals surface area contributed by atoms with Crippen molar-refractivity contribution in [1.29, 1.82) is 0 Å². The third kappa shape index (κ3) is 3.32. The van der Waals surface area contributed by atoms with Gasteiger partial charge >= 0.3 is 0 Å². The third-order valence-electron chi connectivity index (χ3n) is 4.14. The molecule has 1 nitrogen and oxygen atoms in total. The van der Waals surface area contributed by atoms with Gasteiger partial charge in [-0.1, -0.05) is 66.7 Å². The Balaban J connectivity index is 2.17. The topological polar surface area (TPSA) is 3.24 Å². The van der Waals surface area contributed by atoms with Gasteiger partial charge in [-0.05, 0) is 47.8 Å². The van der Waals surface area contributed by atoms with Crippen molar-refractivity contribution in [1.82, 2.24) is 0 Å². The molecular formula is C21H20BN. The zero-order valence-corrected chi connectivity index (χ0v) is 13.4. The lowest BCUT2D eigenvalue weighted by Crippen LogP contribution is -2.23. The maximum Gasteiger partial charge on any atom is 0.0942 e. The molecule has 0 amide bonds. The van der Waals surface area contributed by atoms with Gasteiger partial charge in [0.05, 0.1) is 7.85 Å². The van der Waals surface area contributed by atoms with E-state index in [1.165, 1.54) is 22.3 Å². The lowest BCUT2D eigenvalue weighted by molar-refractivity contribution is 0.941. The normalized spacial score (nSPS) is 10.5. The summed E-state index contributed by atoms with van der Waals surface area (Å²) in [5, 5.41) is 0. The Kier molecular flexibility index (Phi) is 4.82. The molecule has 0 atom stereocenters. The first-order valence-corrected chi connectivity index (χ1v) is 8.03. The van der Waals surface area contributed by atoms with Gasteiger partial charge in [-0.25, -0.2) is 0 Å². The van der Waals surface area contributed by atoms with Crippen molar-refractivity contribution < 1.29 is 0 Å². The third-order valence-corrected chi connectivity index (χ3v) is 4.14. The first kappa shape index (κ1) is 15.4. The van der Waals surface area contributed by atoms with Crippen LogP contribution < -0.4 is 4.90 Å². The highest BCUT2D eigenvalue weighted by Gasteiger charge is 2.10. The van der Waals surface area contributed by atoms with E-state index in [0.717, 1.165) is 12.2 Å². The predicted octanol–water partition coefficient (Wildman–Crippen LogP) is 4.97. The van der Waals surface area contributed by atoms with Gasteiger partial charge < -0.3 is 4.90 Å². The maximum atomic E-state index is 5.88. The number of nitrogens with zero attached hydrogens (tertiary/aromatic N) is 1. The summed E-state index contributed by atoms with van der Waals surface area (Å²) in [4.78, 5) is 2.17. The molecule has 3 rings (SSSR count). The molecule has 3 aromatic carbocycles. The van der Waals surface area contributed by atoms with Crippen molar-refractivity contribution in [2.45, 2.75) is 6.92 Å². The molecule has 0 aromatic heterocycles. The van der Waals surface area contributed by atoms with E-state index in [9.17, 15) is 0 Å². The fourth-order valence-electron chi connectivity index (χ4n) is 2.87. The van der Waals surface area contributed by atoms with Gasteiger partial charge in [-0.2, -0.15) is 0 Å². The van der Waals surface area contributed by atoms with Crippen LogP contribution in [0.4, 0.5) is 5.69 Å². The van der Waals surface area contributed by atoms with Crippen LogP contribution in [0.5, 0.6) is 0 Å². The van der Waals surface area contributed by atoms with E-state index in [1.807, 2.05) is 12.1 Å². The summed E-state index contributed by atoms with van der Waals surface area (Å²) in [6.07, 6.45) is 0.523. The number of benzene rings is 3. The Morgan fingerprint density at radius 3 is 1.83 bits per heavy atom. The summed E-state index contributed by atoms with van der Waals surface area (Å²) in [5.41, 5.74) is 6.10. The average molecular weight is 297 g/mol. The standard InChI is InChI=1S/C21H20BN/c1-2-23(16-22)19-13-14-20(17-9-5-3-6-10-17)21(15-19)18-11-7-4-8-12-18/h3-15H,2,16H2,1H3. The first-order valence-electron chi connectivity index (χ1n) is 8.03. The minimum atomic E-state index is 0.523. The van der Waals surface area contributed by atoms with Gasteiger partial charge in [0, 0.05) is 12.2 Å². The van der Waals surface area contributed by atoms with Crippen molar-refractivity contribution in [2.75, 3.05) is 17.9 Å². The van der Waals surface area contributed by atoms with Crippen LogP contribution >= 0.6 is 0 Å². The molecule has 0 fully saturated rings. The highest BCUT2D eigenvalue weighted by molar-refractivity contribution is 6.10. The molecule has 2 radical (unpaired) electrons. The zero-order chi connectivity index (χ0) is 16.1. The summed E-state index contributed by atoms with van der Waals surface area (Å²) in [6.45, 7) is 3.02. The maximum absolute atomic E-state index is 5.88. The minimum absolute atomic E-state index is 0.523. The van der Waals surface area contributed by atoms with Crippen LogP contribution in [-0.4, -0.2) is 20.8 Å². The van der Waals surface area contributed by atoms with E-state index < -0.39 is 0 Å². The lowest BCUT2D eigenvalue weighted by Gasteiger charge is -2.23. The minimum Gasteiger partial charge on any atom is -0.381 e. The molecule has 0 saturated heterocycles. The molecule has 0 aliphatic rings. The van der Waals surface area contributed by atoms with Crippen LogP contribution in [0.2, 0.25) is 0 Å². The quantitative estimate of drug-likeness (QED) is 0.601. The molecule has 0 saturated carbocycles. The number of hydrogen-bond acceptors (Lipinski definition) is 1. The molecule has 0 spiro atoms. The second-order valence-electron chi connectivity index (χ2n) is 5.50. The fourth-order valence-corrected chi connectivity index (χ4v) is 2.87. The second kappa shape index (κ2) is 7.19. The zero-order valence-electron chi connectivity index (χ0n) is 13.4. The van der Waals surface area contributed by atoms with E-state index >= 15 is 0 Å². The first-order chi connectivity index (χ1) is 11.3. The van der Waals surface area contributed by atoms with Crippen molar-refractivity contribution in [2.24, 2.45) is 0 Å². The van der Waals surface area contributed by atoms with Crippen molar-refractivity contribution in [3.05, 3.63) is 78.9 Å². The molecule has 0 aliphatic heterocycles. The number of anilines is 1. The van der Waals surface area contributed by atoms with Crippen LogP contribution in [0.15, 0.2) is 78.9 Å².